The van der Waals surface area contributed by atoms with E-state index in [1.165, 1.54) is 24.6 Å². The zero-order valence-electron chi connectivity index (χ0n) is 12.2. The Kier molecular flexibility index (Phi) is 3.58. The molecule has 2 amide bonds. The van der Waals surface area contributed by atoms with Gasteiger partial charge in [0, 0.05) is 28.6 Å². The second-order valence-electron chi connectivity index (χ2n) is 6.33. The van der Waals surface area contributed by atoms with Crippen molar-refractivity contribution >= 4 is 29.3 Å². The van der Waals surface area contributed by atoms with E-state index in [9.17, 15) is 9.59 Å². The van der Waals surface area contributed by atoms with Crippen LogP contribution in [0.5, 0.6) is 0 Å². The van der Waals surface area contributed by atoms with Gasteiger partial charge in [-0.05, 0) is 43.9 Å². The minimum atomic E-state index is -0.0427. The van der Waals surface area contributed by atoms with E-state index in [1.807, 2.05) is 12.1 Å². The number of nitrogens with one attached hydrogen (secondary N) is 3. The molecule has 22 heavy (non-hydrogen) atoms. The van der Waals surface area contributed by atoms with Crippen LogP contribution in [-0.4, -0.2) is 35.7 Å². The van der Waals surface area contributed by atoms with Crippen molar-refractivity contribution < 1.29 is 9.59 Å². The molecule has 3 aliphatic heterocycles. The van der Waals surface area contributed by atoms with Crippen molar-refractivity contribution in [1.29, 1.82) is 0 Å². The van der Waals surface area contributed by atoms with Gasteiger partial charge >= 0.3 is 0 Å². The van der Waals surface area contributed by atoms with Crippen molar-refractivity contribution in [2.45, 2.75) is 48.7 Å². The smallest absolute Gasteiger partial charge is 0.251 e. The van der Waals surface area contributed by atoms with Crippen molar-refractivity contribution in [3.8, 4) is 0 Å². The number of piperidine rings is 1. The summed E-state index contributed by atoms with van der Waals surface area (Å²) >= 11 is 1.51. The normalized spacial score (nSPS) is 29.6. The van der Waals surface area contributed by atoms with Gasteiger partial charge in [-0.15, -0.1) is 11.8 Å². The van der Waals surface area contributed by atoms with Gasteiger partial charge in [-0.25, -0.2) is 0 Å². The van der Waals surface area contributed by atoms with Crippen molar-refractivity contribution in [3.05, 3.63) is 23.8 Å². The third kappa shape index (κ3) is 2.73. The molecule has 2 unspecified atom stereocenters. The first kappa shape index (κ1) is 14.1. The first-order valence-electron chi connectivity index (χ1n) is 7.81. The number of carbonyl (C=O) groups is 2. The molecule has 1 aromatic carbocycles. The molecule has 2 bridgehead atoms. The van der Waals surface area contributed by atoms with Crippen LogP contribution in [0, 0.1) is 0 Å². The Morgan fingerprint density at radius 3 is 2.77 bits per heavy atom. The minimum absolute atomic E-state index is 0.00927. The molecule has 2 fully saturated rings. The van der Waals surface area contributed by atoms with Crippen molar-refractivity contribution in [2.24, 2.45) is 0 Å². The van der Waals surface area contributed by atoms with Crippen LogP contribution in [0.2, 0.25) is 0 Å². The number of anilines is 1. The van der Waals surface area contributed by atoms with Gasteiger partial charge in [-0.1, -0.05) is 0 Å². The zero-order chi connectivity index (χ0) is 15.1. The highest BCUT2D eigenvalue weighted by atomic mass is 32.2. The number of rotatable bonds is 2. The average molecular weight is 317 g/mol. The summed E-state index contributed by atoms with van der Waals surface area (Å²) < 4.78 is 0. The van der Waals surface area contributed by atoms with Crippen molar-refractivity contribution in [3.63, 3.8) is 0 Å². The Balaban J connectivity index is 1.46. The van der Waals surface area contributed by atoms with Crippen LogP contribution in [0.25, 0.3) is 0 Å². The van der Waals surface area contributed by atoms with Gasteiger partial charge in [0.15, 0.2) is 0 Å². The standard InChI is InChI=1S/C16H19N3O2S/c20-15-8-22-14-4-1-9(5-13(14)19-15)16(21)18-12-6-10-2-3-11(7-12)17-10/h1,4-5,10-12,17H,2-3,6-8H2,(H,18,21)(H,19,20). The lowest BCUT2D eigenvalue weighted by atomic mass is 9.99. The number of thioether (sulfide) groups is 1. The molecule has 3 heterocycles. The molecule has 0 saturated carbocycles. The molecule has 0 radical (unpaired) electrons. The summed E-state index contributed by atoms with van der Waals surface area (Å²) in [6.45, 7) is 0. The van der Waals surface area contributed by atoms with E-state index in [0.29, 0.717) is 23.4 Å². The fraction of sp³-hybridized carbons (Fsp3) is 0.500. The van der Waals surface area contributed by atoms with E-state index in [4.69, 9.17) is 0 Å². The molecule has 1 aromatic rings. The Morgan fingerprint density at radius 1 is 1.23 bits per heavy atom. The summed E-state index contributed by atoms with van der Waals surface area (Å²) in [6.07, 6.45) is 4.47. The summed E-state index contributed by atoms with van der Waals surface area (Å²) in [5.41, 5.74) is 1.37. The lowest BCUT2D eigenvalue weighted by molar-refractivity contribution is -0.113. The molecule has 0 spiro atoms. The maximum atomic E-state index is 12.5. The van der Waals surface area contributed by atoms with E-state index in [-0.39, 0.29) is 17.9 Å². The van der Waals surface area contributed by atoms with Crippen LogP contribution in [0.1, 0.15) is 36.0 Å². The lowest BCUT2D eigenvalue weighted by Crippen LogP contribution is -2.48. The van der Waals surface area contributed by atoms with E-state index in [0.717, 1.165) is 23.4 Å². The zero-order valence-corrected chi connectivity index (χ0v) is 13.0. The highest BCUT2D eigenvalue weighted by Crippen LogP contribution is 2.32. The second-order valence-corrected chi connectivity index (χ2v) is 7.34. The Bertz CT molecular complexity index is 622. The molecular weight excluding hydrogens is 298 g/mol. The molecule has 2 saturated heterocycles. The summed E-state index contributed by atoms with van der Waals surface area (Å²) in [7, 11) is 0. The van der Waals surface area contributed by atoms with E-state index < -0.39 is 0 Å². The van der Waals surface area contributed by atoms with Gasteiger partial charge < -0.3 is 16.0 Å². The molecule has 0 aromatic heterocycles. The third-order valence-electron chi connectivity index (χ3n) is 4.68. The third-order valence-corrected chi connectivity index (χ3v) is 5.76. The molecule has 3 aliphatic rings. The quantitative estimate of drug-likeness (QED) is 0.777. The summed E-state index contributed by atoms with van der Waals surface area (Å²) in [5.74, 6) is 0.389. The monoisotopic (exact) mass is 317 g/mol. The first-order chi connectivity index (χ1) is 10.7. The SMILES string of the molecule is O=C1CSc2ccc(C(=O)NC3CC4CCC(C3)N4)cc2N1. The molecular formula is C16H19N3O2S. The van der Waals surface area contributed by atoms with Crippen LogP contribution in [0.15, 0.2) is 23.1 Å². The summed E-state index contributed by atoms with van der Waals surface area (Å²) in [5, 5.41) is 9.57. The maximum Gasteiger partial charge on any atom is 0.251 e. The van der Waals surface area contributed by atoms with Crippen LogP contribution >= 0.6 is 11.8 Å². The molecule has 5 nitrogen and oxygen atoms in total. The van der Waals surface area contributed by atoms with Crippen LogP contribution < -0.4 is 16.0 Å². The van der Waals surface area contributed by atoms with Gasteiger partial charge in [0.2, 0.25) is 5.91 Å². The Labute approximate surface area is 133 Å². The van der Waals surface area contributed by atoms with E-state index in [1.54, 1.807) is 6.07 Å². The molecule has 116 valence electrons. The predicted octanol–water partition coefficient (Wildman–Crippen LogP) is 1.74. The second kappa shape index (κ2) is 5.59. The highest BCUT2D eigenvalue weighted by molar-refractivity contribution is 8.00. The highest BCUT2D eigenvalue weighted by Gasteiger charge is 2.34. The van der Waals surface area contributed by atoms with Crippen LogP contribution in [0.3, 0.4) is 0 Å². The maximum absolute atomic E-state index is 12.5. The molecule has 0 aliphatic carbocycles. The number of amides is 2. The number of hydrogen-bond acceptors (Lipinski definition) is 4. The lowest BCUT2D eigenvalue weighted by Gasteiger charge is -2.29. The molecule has 4 rings (SSSR count). The number of hydrogen-bond donors (Lipinski definition) is 3. The molecule has 6 heteroatoms. The fourth-order valence-electron chi connectivity index (χ4n) is 3.67. The number of carbonyl (C=O) groups excluding carboxylic acids is 2. The number of benzene rings is 1. The van der Waals surface area contributed by atoms with Gasteiger partial charge in [0.1, 0.15) is 0 Å². The van der Waals surface area contributed by atoms with E-state index >= 15 is 0 Å². The van der Waals surface area contributed by atoms with Crippen molar-refractivity contribution in [1.82, 2.24) is 10.6 Å². The largest absolute Gasteiger partial charge is 0.349 e. The van der Waals surface area contributed by atoms with Gasteiger partial charge in [0.05, 0.1) is 11.4 Å². The van der Waals surface area contributed by atoms with Crippen LogP contribution in [0.4, 0.5) is 5.69 Å². The average Bonchev–Trinajstić information content (AvgIpc) is 2.85. The minimum Gasteiger partial charge on any atom is -0.349 e. The van der Waals surface area contributed by atoms with Crippen molar-refractivity contribution in [2.75, 3.05) is 11.1 Å². The van der Waals surface area contributed by atoms with Gasteiger partial charge in [-0.2, -0.15) is 0 Å². The Hall–Kier alpha value is -1.53. The van der Waals surface area contributed by atoms with Gasteiger partial charge in [-0.3, -0.25) is 9.59 Å². The van der Waals surface area contributed by atoms with Gasteiger partial charge in [0.25, 0.3) is 5.91 Å². The first-order valence-corrected chi connectivity index (χ1v) is 8.79. The summed E-state index contributed by atoms with van der Waals surface area (Å²) in [4.78, 5) is 25.0. The fourth-order valence-corrected chi connectivity index (χ4v) is 4.46. The summed E-state index contributed by atoms with van der Waals surface area (Å²) in [6, 6.07) is 6.91. The molecule has 3 N–H and O–H groups in total. The van der Waals surface area contributed by atoms with E-state index in [2.05, 4.69) is 16.0 Å². The Morgan fingerprint density at radius 2 is 2.00 bits per heavy atom. The predicted molar refractivity (Wildman–Crippen MR) is 86.2 cm³/mol. The topological polar surface area (TPSA) is 70.2 Å². The molecule has 2 atom stereocenters. The van der Waals surface area contributed by atoms with Crippen LogP contribution in [-0.2, 0) is 4.79 Å². The number of fused-ring (bicyclic) bond motifs is 3.